The molecule has 112 valence electrons. The number of rotatable bonds is 3. The Kier molecular flexibility index (Phi) is 4.43. The highest BCUT2D eigenvalue weighted by Gasteiger charge is 2.36. The van der Waals surface area contributed by atoms with Gasteiger partial charge >= 0.3 is 12.0 Å². The van der Waals surface area contributed by atoms with Crippen LogP contribution in [0.3, 0.4) is 0 Å². The minimum absolute atomic E-state index is 0.101. The third-order valence-electron chi connectivity index (χ3n) is 3.82. The molecule has 0 aromatic heterocycles. The van der Waals surface area contributed by atoms with Gasteiger partial charge in [0.2, 0.25) is 5.91 Å². The minimum Gasteiger partial charge on any atom is -0.481 e. The lowest BCUT2D eigenvalue weighted by Crippen LogP contribution is -2.52. The molecular weight excluding hydrogens is 266 g/mol. The Hall–Kier alpha value is -1.83. The average molecular weight is 285 g/mol. The summed E-state index contributed by atoms with van der Waals surface area (Å²) in [6.45, 7) is 1.12. The first kappa shape index (κ1) is 14.6. The number of likely N-dealkylation sites (tertiary alicyclic amines) is 1. The van der Waals surface area contributed by atoms with E-state index in [1.807, 2.05) is 0 Å². The number of nitrogens with one attached hydrogen (secondary N) is 1. The highest BCUT2D eigenvalue weighted by Crippen LogP contribution is 2.18. The smallest absolute Gasteiger partial charge is 0.317 e. The Morgan fingerprint density at radius 1 is 1.30 bits per heavy atom. The molecule has 0 aromatic carbocycles. The molecular formula is C12H19N3O5. The van der Waals surface area contributed by atoms with Gasteiger partial charge in [0.15, 0.2) is 0 Å². The Labute approximate surface area is 116 Å². The van der Waals surface area contributed by atoms with Crippen molar-refractivity contribution in [2.24, 2.45) is 17.6 Å². The van der Waals surface area contributed by atoms with Gasteiger partial charge in [0.1, 0.15) is 5.92 Å². The minimum atomic E-state index is -0.985. The first-order valence-corrected chi connectivity index (χ1v) is 6.64. The molecule has 8 heteroatoms. The van der Waals surface area contributed by atoms with Crippen LogP contribution in [0.15, 0.2) is 0 Å². The second-order valence-corrected chi connectivity index (χ2v) is 5.23. The molecule has 0 spiro atoms. The number of amides is 3. The molecule has 0 aromatic rings. The maximum Gasteiger partial charge on any atom is 0.317 e. The standard InChI is InChI=1S/C12H19N3O5/c13-10(16)7-2-1-3-15(4-7)12(19)14-9-6-20-5-8(9)11(17)18/h7-9H,1-6H2,(H2,13,16)(H,14,19)(H,17,18). The van der Waals surface area contributed by atoms with Crippen molar-refractivity contribution in [3.8, 4) is 0 Å². The zero-order chi connectivity index (χ0) is 14.7. The Bertz CT molecular complexity index is 414. The molecule has 0 radical (unpaired) electrons. The summed E-state index contributed by atoms with van der Waals surface area (Å²) in [5, 5.41) is 11.7. The van der Waals surface area contributed by atoms with Crippen LogP contribution in [0, 0.1) is 11.8 Å². The molecule has 3 unspecified atom stereocenters. The first-order chi connectivity index (χ1) is 9.49. The molecule has 2 fully saturated rings. The third-order valence-corrected chi connectivity index (χ3v) is 3.82. The molecule has 2 saturated heterocycles. The number of piperidine rings is 1. The number of nitrogens with zero attached hydrogens (tertiary/aromatic N) is 1. The van der Waals surface area contributed by atoms with Crippen LogP contribution in [-0.2, 0) is 14.3 Å². The summed E-state index contributed by atoms with van der Waals surface area (Å²) in [7, 11) is 0. The van der Waals surface area contributed by atoms with Gasteiger partial charge in [-0.3, -0.25) is 9.59 Å². The number of carboxylic acids is 1. The van der Waals surface area contributed by atoms with Crippen molar-refractivity contribution in [2.45, 2.75) is 18.9 Å². The maximum atomic E-state index is 12.1. The normalized spacial score (nSPS) is 30.0. The zero-order valence-corrected chi connectivity index (χ0v) is 11.1. The van der Waals surface area contributed by atoms with Gasteiger partial charge in [0, 0.05) is 13.1 Å². The first-order valence-electron chi connectivity index (χ1n) is 6.64. The van der Waals surface area contributed by atoms with E-state index in [1.54, 1.807) is 0 Å². The number of carbonyl (C=O) groups excluding carboxylic acids is 2. The summed E-state index contributed by atoms with van der Waals surface area (Å²) in [5.41, 5.74) is 5.26. The highest BCUT2D eigenvalue weighted by atomic mass is 16.5. The summed E-state index contributed by atoms with van der Waals surface area (Å²) < 4.78 is 5.09. The van der Waals surface area contributed by atoms with Gasteiger partial charge in [-0.15, -0.1) is 0 Å². The van der Waals surface area contributed by atoms with E-state index in [4.69, 9.17) is 15.6 Å². The number of carbonyl (C=O) groups is 3. The number of nitrogens with two attached hydrogens (primary N) is 1. The second kappa shape index (κ2) is 6.08. The van der Waals surface area contributed by atoms with Gasteiger partial charge in [0.25, 0.3) is 0 Å². The highest BCUT2D eigenvalue weighted by molar-refractivity contribution is 5.80. The number of primary amides is 1. The fraction of sp³-hybridized carbons (Fsp3) is 0.750. The van der Waals surface area contributed by atoms with E-state index < -0.39 is 23.8 Å². The van der Waals surface area contributed by atoms with Crippen molar-refractivity contribution < 1.29 is 24.2 Å². The van der Waals surface area contributed by atoms with Gasteiger partial charge in [-0.2, -0.15) is 0 Å². The molecule has 2 heterocycles. The van der Waals surface area contributed by atoms with Crippen LogP contribution in [-0.4, -0.2) is 60.3 Å². The number of carboxylic acid groups (broad SMARTS) is 1. The summed E-state index contributed by atoms with van der Waals surface area (Å²) in [6, 6.07) is -0.897. The van der Waals surface area contributed by atoms with Crippen molar-refractivity contribution in [1.82, 2.24) is 10.2 Å². The lowest BCUT2D eigenvalue weighted by molar-refractivity contribution is -0.142. The van der Waals surface area contributed by atoms with E-state index in [2.05, 4.69) is 5.32 Å². The van der Waals surface area contributed by atoms with Crippen LogP contribution < -0.4 is 11.1 Å². The number of aliphatic carboxylic acids is 1. The van der Waals surface area contributed by atoms with Crippen molar-refractivity contribution >= 4 is 17.9 Å². The summed E-state index contributed by atoms with van der Waals surface area (Å²) in [5.74, 6) is -2.45. The predicted octanol–water partition coefficient (Wildman–Crippen LogP) is -1.01. The number of ether oxygens (including phenoxy) is 1. The van der Waals surface area contributed by atoms with Crippen molar-refractivity contribution in [1.29, 1.82) is 0 Å². The number of hydrogen-bond donors (Lipinski definition) is 3. The number of urea groups is 1. The summed E-state index contributed by atoms with van der Waals surface area (Å²) in [6.07, 6.45) is 1.40. The number of hydrogen-bond acceptors (Lipinski definition) is 4. The molecule has 3 atom stereocenters. The lowest BCUT2D eigenvalue weighted by Gasteiger charge is -2.32. The second-order valence-electron chi connectivity index (χ2n) is 5.23. The van der Waals surface area contributed by atoms with E-state index in [0.717, 1.165) is 0 Å². The van der Waals surface area contributed by atoms with Crippen LogP contribution in [0.2, 0.25) is 0 Å². The van der Waals surface area contributed by atoms with E-state index in [-0.39, 0.29) is 31.7 Å². The topological polar surface area (TPSA) is 122 Å². The molecule has 8 nitrogen and oxygen atoms in total. The average Bonchev–Trinajstić information content (AvgIpc) is 2.87. The summed E-state index contributed by atoms with van der Waals surface area (Å²) in [4.78, 5) is 35.8. The lowest BCUT2D eigenvalue weighted by atomic mass is 9.98. The molecule has 0 saturated carbocycles. The van der Waals surface area contributed by atoms with Crippen molar-refractivity contribution in [3.63, 3.8) is 0 Å². The van der Waals surface area contributed by atoms with Crippen LogP contribution in [0.25, 0.3) is 0 Å². The molecule has 2 aliphatic heterocycles. The molecule has 4 N–H and O–H groups in total. The van der Waals surface area contributed by atoms with Gasteiger partial charge < -0.3 is 25.8 Å². The zero-order valence-electron chi connectivity index (χ0n) is 11.1. The van der Waals surface area contributed by atoms with Gasteiger partial charge in [-0.1, -0.05) is 0 Å². The third kappa shape index (κ3) is 3.19. The fourth-order valence-corrected chi connectivity index (χ4v) is 2.58. The SMILES string of the molecule is NC(=O)C1CCCN(C(=O)NC2COCC2C(=O)O)C1. The predicted molar refractivity (Wildman–Crippen MR) is 67.8 cm³/mol. The molecule has 2 aliphatic rings. The largest absolute Gasteiger partial charge is 0.481 e. The maximum absolute atomic E-state index is 12.1. The molecule has 3 amide bonds. The van der Waals surface area contributed by atoms with E-state index >= 15 is 0 Å². The van der Waals surface area contributed by atoms with Gasteiger partial charge in [0.05, 0.1) is 25.2 Å². The molecule has 0 bridgehead atoms. The van der Waals surface area contributed by atoms with Crippen LogP contribution in [0.1, 0.15) is 12.8 Å². The summed E-state index contributed by atoms with van der Waals surface area (Å²) >= 11 is 0. The van der Waals surface area contributed by atoms with Crippen LogP contribution >= 0.6 is 0 Å². The Balaban J connectivity index is 1.91. The van der Waals surface area contributed by atoms with Gasteiger partial charge in [-0.25, -0.2) is 4.79 Å². The van der Waals surface area contributed by atoms with Crippen molar-refractivity contribution in [2.75, 3.05) is 26.3 Å². The quantitative estimate of drug-likeness (QED) is 0.613. The Morgan fingerprint density at radius 3 is 2.70 bits per heavy atom. The Morgan fingerprint density at radius 2 is 2.05 bits per heavy atom. The molecule has 0 aliphatic carbocycles. The molecule has 20 heavy (non-hydrogen) atoms. The van der Waals surface area contributed by atoms with Gasteiger partial charge in [-0.05, 0) is 12.8 Å². The fourth-order valence-electron chi connectivity index (χ4n) is 2.58. The monoisotopic (exact) mass is 285 g/mol. The molecule has 2 rings (SSSR count). The van der Waals surface area contributed by atoms with Crippen molar-refractivity contribution in [3.05, 3.63) is 0 Å². The van der Waals surface area contributed by atoms with E-state index in [9.17, 15) is 14.4 Å². The van der Waals surface area contributed by atoms with Crippen LogP contribution in [0.5, 0.6) is 0 Å². The van der Waals surface area contributed by atoms with Crippen LogP contribution in [0.4, 0.5) is 4.79 Å². The van der Waals surface area contributed by atoms with E-state index in [0.29, 0.717) is 19.4 Å². The van der Waals surface area contributed by atoms with E-state index in [1.165, 1.54) is 4.90 Å².